The van der Waals surface area contributed by atoms with Crippen LogP contribution in [-0.2, 0) is 11.2 Å². The van der Waals surface area contributed by atoms with E-state index in [0.717, 1.165) is 32.4 Å². The summed E-state index contributed by atoms with van der Waals surface area (Å²) in [7, 11) is 0. The molecular formula is C22H32N2O2. The zero-order chi connectivity index (χ0) is 17.9. The molecule has 2 heterocycles. The number of piperidine rings is 1. The first kappa shape index (κ1) is 18.0. The third-order valence-corrected chi connectivity index (χ3v) is 6.59. The molecule has 26 heavy (non-hydrogen) atoms. The number of hydrogen-bond donors (Lipinski definition) is 1. The molecule has 142 valence electrons. The largest absolute Gasteiger partial charge is 0.392 e. The maximum Gasteiger partial charge on any atom is 0.237 e. The number of amides is 1. The van der Waals surface area contributed by atoms with E-state index in [4.69, 9.17) is 0 Å². The molecule has 2 fully saturated rings. The van der Waals surface area contributed by atoms with E-state index in [1.54, 1.807) is 0 Å². The van der Waals surface area contributed by atoms with Crippen LogP contribution in [0.15, 0.2) is 24.3 Å². The first-order chi connectivity index (χ1) is 12.7. The average molecular weight is 357 g/mol. The maximum absolute atomic E-state index is 13.2. The zero-order valence-corrected chi connectivity index (χ0v) is 15.8. The zero-order valence-electron chi connectivity index (χ0n) is 15.8. The highest BCUT2D eigenvalue weighted by molar-refractivity contribution is 5.79. The van der Waals surface area contributed by atoms with Gasteiger partial charge in [-0.1, -0.05) is 43.5 Å². The summed E-state index contributed by atoms with van der Waals surface area (Å²) >= 11 is 0. The third-order valence-electron chi connectivity index (χ3n) is 6.59. The highest BCUT2D eigenvalue weighted by atomic mass is 16.3. The van der Waals surface area contributed by atoms with E-state index >= 15 is 0 Å². The van der Waals surface area contributed by atoms with Gasteiger partial charge in [0.25, 0.3) is 0 Å². The molecule has 1 aromatic carbocycles. The van der Waals surface area contributed by atoms with Crippen molar-refractivity contribution in [3.8, 4) is 0 Å². The van der Waals surface area contributed by atoms with Crippen LogP contribution in [0.2, 0.25) is 0 Å². The summed E-state index contributed by atoms with van der Waals surface area (Å²) in [6.45, 7) is 2.88. The van der Waals surface area contributed by atoms with Crippen LogP contribution in [0.4, 0.5) is 0 Å². The second-order valence-electron chi connectivity index (χ2n) is 8.41. The second kappa shape index (κ2) is 8.10. The Balaban J connectivity index is 1.54. The van der Waals surface area contributed by atoms with Crippen molar-refractivity contribution in [1.82, 2.24) is 9.80 Å². The molecule has 1 aliphatic carbocycles. The molecular weight excluding hydrogens is 324 g/mol. The standard InChI is InChI=1S/C22H32N2O2/c25-19-10-6-13-23(15-19)16-21(26)24-14-12-17-7-4-5-11-20(17)22(24)18-8-2-1-3-9-18/h4-5,7,11,18-19,22,25H,1-3,6,8-10,12-16H2/t19-,22+/m1/s1. The summed E-state index contributed by atoms with van der Waals surface area (Å²) in [4.78, 5) is 17.6. The number of aliphatic hydroxyl groups is 1. The second-order valence-corrected chi connectivity index (χ2v) is 8.41. The smallest absolute Gasteiger partial charge is 0.237 e. The lowest BCUT2D eigenvalue weighted by Gasteiger charge is -2.44. The molecule has 4 rings (SSSR count). The number of benzene rings is 1. The van der Waals surface area contributed by atoms with Crippen LogP contribution in [0.5, 0.6) is 0 Å². The molecule has 0 bridgehead atoms. The van der Waals surface area contributed by atoms with Crippen LogP contribution in [-0.4, -0.2) is 53.1 Å². The summed E-state index contributed by atoms with van der Waals surface area (Å²) in [5.74, 6) is 0.852. The molecule has 0 unspecified atom stereocenters. The van der Waals surface area contributed by atoms with Gasteiger partial charge in [-0.3, -0.25) is 9.69 Å². The number of hydrogen-bond acceptors (Lipinski definition) is 3. The van der Waals surface area contributed by atoms with Gasteiger partial charge in [0.05, 0.1) is 18.7 Å². The lowest BCUT2D eigenvalue weighted by molar-refractivity contribution is -0.137. The molecule has 0 aromatic heterocycles. The highest BCUT2D eigenvalue weighted by Crippen LogP contribution is 2.42. The summed E-state index contributed by atoms with van der Waals surface area (Å²) in [5.41, 5.74) is 2.82. The molecule has 1 N–H and O–H groups in total. The molecule has 1 saturated heterocycles. The fourth-order valence-corrected chi connectivity index (χ4v) is 5.29. The van der Waals surface area contributed by atoms with E-state index in [2.05, 4.69) is 34.1 Å². The van der Waals surface area contributed by atoms with Gasteiger partial charge in [0.1, 0.15) is 0 Å². The fourth-order valence-electron chi connectivity index (χ4n) is 5.29. The molecule has 1 amide bonds. The molecule has 0 radical (unpaired) electrons. The Kier molecular flexibility index (Phi) is 5.60. The first-order valence-electron chi connectivity index (χ1n) is 10.5. The minimum absolute atomic E-state index is 0.252. The van der Waals surface area contributed by atoms with Crippen molar-refractivity contribution in [2.75, 3.05) is 26.2 Å². The monoisotopic (exact) mass is 356 g/mol. The van der Waals surface area contributed by atoms with Gasteiger partial charge in [0, 0.05) is 13.1 Å². The van der Waals surface area contributed by atoms with E-state index < -0.39 is 0 Å². The molecule has 2 atom stereocenters. The van der Waals surface area contributed by atoms with Crippen LogP contribution in [0.25, 0.3) is 0 Å². The minimum Gasteiger partial charge on any atom is -0.392 e. The number of fused-ring (bicyclic) bond motifs is 1. The Morgan fingerprint density at radius 2 is 1.85 bits per heavy atom. The van der Waals surface area contributed by atoms with Gasteiger partial charge in [0.2, 0.25) is 5.91 Å². The van der Waals surface area contributed by atoms with Crippen molar-refractivity contribution in [1.29, 1.82) is 0 Å². The van der Waals surface area contributed by atoms with E-state index in [0.29, 0.717) is 19.0 Å². The predicted octanol–water partition coefficient (Wildman–Crippen LogP) is 3.15. The highest BCUT2D eigenvalue weighted by Gasteiger charge is 2.37. The van der Waals surface area contributed by atoms with Gasteiger partial charge in [-0.15, -0.1) is 0 Å². The molecule has 4 heteroatoms. The van der Waals surface area contributed by atoms with Crippen LogP contribution in [0, 0.1) is 5.92 Å². The topological polar surface area (TPSA) is 43.8 Å². The molecule has 0 spiro atoms. The lowest BCUT2D eigenvalue weighted by atomic mass is 9.77. The average Bonchev–Trinajstić information content (AvgIpc) is 2.67. The lowest BCUT2D eigenvalue weighted by Crippen LogP contribution is -2.49. The number of likely N-dealkylation sites (tertiary alicyclic amines) is 1. The minimum atomic E-state index is -0.271. The summed E-state index contributed by atoms with van der Waals surface area (Å²) in [6, 6.07) is 9.00. The van der Waals surface area contributed by atoms with Crippen molar-refractivity contribution in [2.24, 2.45) is 5.92 Å². The Morgan fingerprint density at radius 1 is 1.04 bits per heavy atom. The Morgan fingerprint density at radius 3 is 2.65 bits per heavy atom. The number of carbonyl (C=O) groups is 1. The summed E-state index contributed by atoms with van der Waals surface area (Å²) in [5, 5.41) is 9.92. The number of aliphatic hydroxyl groups excluding tert-OH is 1. The molecule has 2 aliphatic heterocycles. The SMILES string of the molecule is O=C(CN1CCC[C@@H](O)C1)N1CCc2ccccc2[C@@H]1C1CCCCC1. The van der Waals surface area contributed by atoms with Gasteiger partial charge >= 0.3 is 0 Å². The fraction of sp³-hybridized carbons (Fsp3) is 0.682. The van der Waals surface area contributed by atoms with Crippen LogP contribution in [0.3, 0.4) is 0 Å². The third kappa shape index (κ3) is 3.81. The molecule has 1 aromatic rings. The van der Waals surface area contributed by atoms with E-state index in [1.165, 1.54) is 43.2 Å². The predicted molar refractivity (Wildman–Crippen MR) is 103 cm³/mol. The van der Waals surface area contributed by atoms with Gasteiger partial charge in [-0.05, 0) is 55.7 Å². The van der Waals surface area contributed by atoms with Crippen molar-refractivity contribution < 1.29 is 9.90 Å². The molecule has 3 aliphatic rings. The molecule has 4 nitrogen and oxygen atoms in total. The normalized spacial score (nSPS) is 28.0. The Labute approximate surface area is 157 Å². The van der Waals surface area contributed by atoms with Crippen molar-refractivity contribution >= 4 is 5.91 Å². The summed E-state index contributed by atoms with van der Waals surface area (Å²) < 4.78 is 0. The van der Waals surface area contributed by atoms with E-state index in [9.17, 15) is 9.90 Å². The van der Waals surface area contributed by atoms with E-state index in [-0.39, 0.29) is 18.1 Å². The number of β-amino-alcohol motifs (C(OH)–C–C–N with tert-alkyl or cyclic N) is 1. The Hall–Kier alpha value is -1.39. The quantitative estimate of drug-likeness (QED) is 0.905. The molecule has 1 saturated carbocycles. The number of carbonyl (C=O) groups excluding carboxylic acids is 1. The number of nitrogens with zero attached hydrogens (tertiary/aromatic N) is 2. The van der Waals surface area contributed by atoms with Crippen molar-refractivity contribution in [3.05, 3.63) is 35.4 Å². The van der Waals surface area contributed by atoms with Crippen LogP contribution < -0.4 is 0 Å². The van der Waals surface area contributed by atoms with Gasteiger partial charge in [0.15, 0.2) is 0 Å². The number of rotatable bonds is 3. The van der Waals surface area contributed by atoms with Crippen LogP contribution >= 0.6 is 0 Å². The maximum atomic E-state index is 13.2. The summed E-state index contributed by atoms with van der Waals surface area (Å²) in [6.07, 6.45) is 8.96. The van der Waals surface area contributed by atoms with Crippen LogP contribution in [0.1, 0.15) is 62.1 Å². The van der Waals surface area contributed by atoms with Gasteiger partial charge < -0.3 is 10.0 Å². The van der Waals surface area contributed by atoms with E-state index in [1.807, 2.05) is 0 Å². The van der Waals surface area contributed by atoms with Gasteiger partial charge in [-0.25, -0.2) is 0 Å². The van der Waals surface area contributed by atoms with Gasteiger partial charge in [-0.2, -0.15) is 0 Å². The Bertz CT molecular complexity index is 626. The van der Waals surface area contributed by atoms with Crippen molar-refractivity contribution in [2.45, 2.75) is 63.5 Å². The van der Waals surface area contributed by atoms with Crippen molar-refractivity contribution in [3.63, 3.8) is 0 Å². The first-order valence-corrected chi connectivity index (χ1v) is 10.5.